The lowest BCUT2D eigenvalue weighted by molar-refractivity contribution is 0.457. The molecule has 0 aliphatic rings. The van der Waals surface area contributed by atoms with Crippen LogP contribution in [0.15, 0.2) is 47.6 Å². The Bertz CT molecular complexity index is 671. The number of hydrogen-bond donors (Lipinski definition) is 2. The molecule has 0 spiro atoms. The number of hydrogen-bond acceptors (Lipinski definition) is 3. The maximum absolute atomic E-state index is 13.1. The van der Waals surface area contributed by atoms with Gasteiger partial charge in [-0.05, 0) is 38.5 Å². The summed E-state index contributed by atoms with van der Waals surface area (Å²) in [4.78, 5) is 8.75. The van der Waals surface area contributed by atoms with E-state index in [0.29, 0.717) is 24.2 Å². The quantitative estimate of drug-likeness (QED) is 0.629. The molecule has 1 aromatic heterocycles. The Morgan fingerprint density at radius 2 is 2.12 bits per heavy atom. The predicted molar refractivity (Wildman–Crippen MR) is 93.8 cm³/mol. The highest BCUT2D eigenvalue weighted by Gasteiger charge is 2.02. The maximum atomic E-state index is 13.1. The van der Waals surface area contributed by atoms with Crippen molar-refractivity contribution in [3.63, 3.8) is 0 Å². The molecular weight excluding hydrogens is 307 g/mol. The SMILES string of the molecule is CCNC(=NCc1ccc(Oc2cccc(F)c2)nc1)NC(C)C. The first-order chi connectivity index (χ1) is 11.6. The molecule has 0 aliphatic carbocycles. The van der Waals surface area contributed by atoms with Crippen molar-refractivity contribution >= 4 is 5.96 Å². The van der Waals surface area contributed by atoms with Crippen LogP contribution in [0.2, 0.25) is 0 Å². The molecule has 1 heterocycles. The second-order valence-corrected chi connectivity index (χ2v) is 5.56. The van der Waals surface area contributed by atoms with Crippen LogP contribution in [0.4, 0.5) is 4.39 Å². The van der Waals surface area contributed by atoms with Crippen LogP contribution in [0.1, 0.15) is 26.3 Å². The van der Waals surface area contributed by atoms with Gasteiger partial charge in [0.15, 0.2) is 5.96 Å². The first kappa shape index (κ1) is 17.7. The molecule has 0 saturated heterocycles. The van der Waals surface area contributed by atoms with Gasteiger partial charge in [-0.15, -0.1) is 0 Å². The fourth-order valence-corrected chi connectivity index (χ4v) is 1.98. The van der Waals surface area contributed by atoms with Gasteiger partial charge in [0, 0.05) is 30.9 Å². The molecule has 0 radical (unpaired) electrons. The lowest BCUT2D eigenvalue weighted by atomic mass is 10.3. The van der Waals surface area contributed by atoms with E-state index in [1.54, 1.807) is 24.4 Å². The zero-order valence-corrected chi connectivity index (χ0v) is 14.2. The Balaban J connectivity index is 1.98. The number of rotatable bonds is 6. The van der Waals surface area contributed by atoms with Gasteiger partial charge in [-0.3, -0.25) is 0 Å². The highest BCUT2D eigenvalue weighted by molar-refractivity contribution is 5.79. The van der Waals surface area contributed by atoms with E-state index in [2.05, 4.69) is 34.5 Å². The van der Waals surface area contributed by atoms with Gasteiger partial charge in [-0.25, -0.2) is 14.4 Å². The molecule has 2 aromatic rings. The Hall–Kier alpha value is -2.63. The van der Waals surface area contributed by atoms with E-state index < -0.39 is 0 Å². The molecule has 2 rings (SSSR count). The number of aromatic nitrogens is 1. The smallest absolute Gasteiger partial charge is 0.219 e. The van der Waals surface area contributed by atoms with Gasteiger partial charge < -0.3 is 15.4 Å². The van der Waals surface area contributed by atoms with Crippen LogP contribution in [-0.2, 0) is 6.54 Å². The van der Waals surface area contributed by atoms with E-state index in [-0.39, 0.29) is 5.82 Å². The van der Waals surface area contributed by atoms with Crippen LogP contribution in [0, 0.1) is 5.82 Å². The third kappa shape index (κ3) is 5.87. The fraction of sp³-hybridized carbons (Fsp3) is 0.333. The first-order valence-electron chi connectivity index (χ1n) is 8.00. The fourth-order valence-electron chi connectivity index (χ4n) is 1.98. The second kappa shape index (κ2) is 8.86. The van der Waals surface area contributed by atoms with E-state index in [4.69, 9.17) is 4.74 Å². The second-order valence-electron chi connectivity index (χ2n) is 5.56. The van der Waals surface area contributed by atoms with Crippen molar-refractivity contribution in [1.29, 1.82) is 0 Å². The molecule has 0 amide bonds. The molecule has 2 N–H and O–H groups in total. The number of aliphatic imine (C=N–C) groups is 1. The minimum atomic E-state index is -0.341. The molecule has 5 nitrogen and oxygen atoms in total. The molecule has 0 bridgehead atoms. The van der Waals surface area contributed by atoms with Gasteiger partial charge in [0.1, 0.15) is 11.6 Å². The Labute approximate surface area is 142 Å². The van der Waals surface area contributed by atoms with E-state index in [9.17, 15) is 4.39 Å². The summed E-state index contributed by atoms with van der Waals surface area (Å²) in [6.45, 7) is 7.46. The van der Waals surface area contributed by atoms with Crippen LogP contribution in [0.3, 0.4) is 0 Å². The molecule has 24 heavy (non-hydrogen) atoms. The lowest BCUT2D eigenvalue weighted by Crippen LogP contribution is -2.40. The molecule has 0 fully saturated rings. The normalized spacial score (nSPS) is 11.5. The van der Waals surface area contributed by atoms with Crippen LogP contribution in [-0.4, -0.2) is 23.5 Å². The first-order valence-corrected chi connectivity index (χ1v) is 8.00. The minimum absolute atomic E-state index is 0.308. The summed E-state index contributed by atoms with van der Waals surface area (Å²) in [5, 5.41) is 6.45. The van der Waals surface area contributed by atoms with Crippen LogP contribution >= 0.6 is 0 Å². The monoisotopic (exact) mass is 330 g/mol. The molecule has 0 saturated carbocycles. The molecule has 0 unspecified atom stereocenters. The van der Waals surface area contributed by atoms with Crippen molar-refractivity contribution in [1.82, 2.24) is 15.6 Å². The van der Waals surface area contributed by atoms with Gasteiger partial charge in [0.05, 0.1) is 6.54 Å². The van der Waals surface area contributed by atoms with Crippen LogP contribution in [0.25, 0.3) is 0 Å². The van der Waals surface area contributed by atoms with Crippen molar-refractivity contribution in [2.45, 2.75) is 33.4 Å². The van der Waals surface area contributed by atoms with Gasteiger partial charge in [0.25, 0.3) is 0 Å². The highest BCUT2D eigenvalue weighted by atomic mass is 19.1. The summed E-state index contributed by atoms with van der Waals surface area (Å²) in [5.74, 6) is 1.27. The average Bonchev–Trinajstić information content (AvgIpc) is 2.54. The Morgan fingerprint density at radius 3 is 2.75 bits per heavy atom. The Morgan fingerprint density at radius 1 is 1.29 bits per heavy atom. The number of nitrogens with zero attached hydrogens (tertiary/aromatic N) is 2. The molecule has 6 heteroatoms. The van der Waals surface area contributed by atoms with Crippen molar-refractivity contribution in [3.8, 4) is 11.6 Å². The van der Waals surface area contributed by atoms with Crippen molar-refractivity contribution in [2.24, 2.45) is 4.99 Å². The van der Waals surface area contributed by atoms with Crippen LogP contribution < -0.4 is 15.4 Å². The van der Waals surface area contributed by atoms with Gasteiger partial charge in [-0.1, -0.05) is 12.1 Å². The summed E-state index contributed by atoms with van der Waals surface area (Å²) >= 11 is 0. The number of benzene rings is 1. The zero-order valence-electron chi connectivity index (χ0n) is 14.2. The summed E-state index contributed by atoms with van der Waals surface area (Å²) in [7, 11) is 0. The molecule has 0 atom stereocenters. The van der Waals surface area contributed by atoms with Crippen molar-refractivity contribution in [2.75, 3.05) is 6.54 Å². The highest BCUT2D eigenvalue weighted by Crippen LogP contribution is 2.20. The number of nitrogens with one attached hydrogen (secondary N) is 2. The third-order valence-electron chi connectivity index (χ3n) is 3.01. The summed E-state index contributed by atoms with van der Waals surface area (Å²) in [5.41, 5.74) is 0.961. The topological polar surface area (TPSA) is 58.5 Å². The number of pyridine rings is 1. The van der Waals surface area contributed by atoms with E-state index >= 15 is 0 Å². The van der Waals surface area contributed by atoms with Gasteiger partial charge in [0.2, 0.25) is 5.88 Å². The van der Waals surface area contributed by atoms with E-state index in [0.717, 1.165) is 18.1 Å². The molecular formula is C18H23FN4O. The van der Waals surface area contributed by atoms with Crippen molar-refractivity contribution in [3.05, 3.63) is 54.0 Å². The van der Waals surface area contributed by atoms with E-state index in [1.165, 1.54) is 12.1 Å². The largest absolute Gasteiger partial charge is 0.439 e. The predicted octanol–water partition coefficient (Wildman–Crippen LogP) is 3.48. The number of halogens is 1. The van der Waals surface area contributed by atoms with Crippen molar-refractivity contribution < 1.29 is 9.13 Å². The Kier molecular flexibility index (Phi) is 6.54. The summed E-state index contributed by atoms with van der Waals surface area (Å²) < 4.78 is 18.7. The number of ether oxygens (including phenoxy) is 1. The summed E-state index contributed by atoms with van der Waals surface area (Å²) in [6.07, 6.45) is 1.71. The molecule has 0 aliphatic heterocycles. The third-order valence-corrected chi connectivity index (χ3v) is 3.01. The van der Waals surface area contributed by atoms with E-state index in [1.807, 2.05) is 13.0 Å². The van der Waals surface area contributed by atoms with Gasteiger partial charge >= 0.3 is 0 Å². The summed E-state index contributed by atoms with van der Waals surface area (Å²) in [6, 6.07) is 9.92. The minimum Gasteiger partial charge on any atom is -0.439 e. The zero-order chi connectivity index (χ0) is 17.4. The van der Waals surface area contributed by atoms with Gasteiger partial charge in [-0.2, -0.15) is 0 Å². The van der Waals surface area contributed by atoms with Crippen LogP contribution in [0.5, 0.6) is 11.6 Å². The maximum Gasteiger partial charge on any atom is 0.219 e. The average molecular weight is 330 g/mol. The molecule has 1 aromatic carbocycles. The standard InChI is InChI=1S/C18H23FN4O/c1-4-20-18(23-13(2)3)22-12-14-8-9-17(21-11-14)24-16-7-5-6-15(19)10-16/h5-11,13H,4,12H2,1-3H3,(H2,20,22,23). The number of guanidine groups is 1. The molecule has 128 valence electrons. The lowest BCUT2D eigenvalue weighted by Gasteiger charge is -2.13.